The highest BCUT2D eigenvalue weighted by Gasteiger charge is 2.59. The summed E-state index contributed by atoms with van der Waals surface area (Å²) in [7, 11) is -3.24. The molecule has 2 aromatic rings. The number of carbonyl (C=O) groups excluding carboxylic acids is 1. The third kappa shape index (κ3) is 6.80. The fourth-order valence-corrected chi connectivity index (χ4v) is 5.72. The summed E-state index contributed by atoms with van der Waals surface area (Å²) in [6.07, 6.45) is 1.75. The second-order valence-corrected chi connectivity index (χ2v) is 13.5. The highest BCUT2D eigenvalue weighted by Crippen LogP contribution is 2.51. The number of amides is 1. The van der Waals surface area contributed by atoms with Crippen molar-refractivity contribution in [2.24, 2.45) is 5.41 Å². The van der Waals surface area contributed by atoms with E-state index in [-0.39, 0.29) is 37.1 Å². The second kappa shape index (κ2) is 11.5. The van der Waals surface area contributed by atoms with Gasteiger partial charge in [-0.3, -0.25) is 4.79 Å². The summed E-state index contributed by atoms with van der Waals surface area (Å²) in [5.74, 6) is -1.11. The van der Waals surface area contributed by atoms with E-state index in [1.54, 1.807) is 30.3 Å². The number of carbonyl (C=O) groups is 1. The van der Waals surface area contributed by atoms with Crippen molar-refractivity contribution < 1.29 is 13.2 Å². The summed E-state index contributed by atoms with van der Waals surface area (Å²) in [6.45, 7) is 6.26. The van der Waals surface area contributed by atoms with Crippen molar-refractivity contribution in [3.05, 3.63) is 69.7 Å². The smallest absolute Gasteiger partial charge is 0.237 e. The lowest BCUT2D eigenvalue weighted by Crippen LogP contribution is -2.46. The van der Waals surface area contributed by atoms with Crippen molar-refractivity contribution in [1.82, 2.24) is 10.6 Å². The lowest BCUT2D eigenvalue weighted by atomic mass is 9.63. The molecule has 1 aliphatic heterocycles. The van der Waals surface area contributed by atoms with Crippen LogP contribution in [0.3, 0.4) is 0 Å². The van der Waals surface area contributed by atoms with Crippen LogP contribution in [0, 0.1) is 16.7 Å². The number of nitrogens with one attached hydrogen (secondary N) is 2. The van der Waals surface area contributed by atoms with Crippen LogP contribution in [-0.2, 0) is 20.0 Å². The molecule has 1 aliphatic rings. The zero-order chi connectivity index (χ0) is 26.0. The maximum Gasteiger partial charge on any atom is 0.237 e. The highest BCUT2D eigenvalue weighted by molar-refractivity contribution is 7.90. The number of halogens is 2. The maximum absolute atomic E-state index is 13.5. The molecule has 2 N–H and O–H groups in total. The first-order valence-corrected chi connectivity index (χ1v) is 14.2. The van der Waals surface area contributed by atoms with E-state index in [2.05, 4.69) is 37.5 Å². The molecular weight excluding hydrogens is 517 g/mol. The topological polar surface area (TPSA) is 99.1 Å². The molecule has 4 atom stereocenters. The third-order valence-electron chi connectivity index (χ3n) is 6.34. The third-order valence-corrected chi connectivity index (χ3v) is 7.77. The minimum absolute atomic E-state index is 0. The summed E-state index contributed by atoms with van der Waals surface area (Å²) in [6, 6.07) is 15.8. The van der Waals surface area contributed by atoms with Crippen LogP contribution in [0.1, 0.15) is 51.7 Å². The number of rotatable bonds is 7. The van der Waals surface area contributed by atoms with Gasteiger partial charge in [0.2, 0.25) is 5.91 Å². The Balaban J connectivity index is 0.00000456. The molecule has 2 aromatic carbocycles. The first kappa shape index (κ1) is 30.1. The van der Waals surface area contributed by atoms with Gasteiger partial charge in [0.1, 0.15) is 15.3 Å². The Morgan fingerprint density at radius 3 is 2.31 bits per heavy atom. The molecule has 196 valence electrons. The number of benzene rings is 2. The van der Waals surface area contributed by atoms with Gasteiger partial charge in [0.05, 0.1) is 17.9 Å². The van der Waals surface area contributed by atoms with Crippen LogP contribution in [0.15, 0.2) is 48.5 Å². The van der Waals surface area contributed by atoms with Crippen LogP contribution >= 0.6 is 23.2 Å². The van der Waals surface area contributed by atoms with Crippen LogP contribution in [0.25, 0.3) is 0 Å². The fraction of sp³-hybridized carbons (Fsp3) is 0.481. The molecule has 1 fully saturated rings. The van der Waals surface area contributed by atoms with Crippen molar-refractivity contribution in [3.8, 4) is 6.07 Å². The SMILES string of the molecule is C.CC(C)(C)C[C@@H]1N[C@@H](C(=O)NCCS(C)(=O)=O)[C@H](c2cccc(Cl)c2)[C@@]1(C#N)c1ccc(Cl)cc1. The summed E-state index contributed by atoms with van der Waals surface area (Å²) >= 11 is 12.5. The first-order valence-electron chi connectivity index (χ1n) is 11.4. The summed E-state index contributed by atoms with van der Waals surface area (Å²) in [5.41, 5.74) is 0.248. The standard InChI is InChI=1S/C26H31Cl2N3O3S.CH4/c1-25(2,3)15-21-26(16-29,18-8-10-19(27)11-9-18)22(17-6-5-7-20(28)14-17)23(31-21)24(32)30-12-13-35(4,33)34;/h5-11,14,21-23,31H,12-13,15H2,1-4H3,(H,30,32);1H4/t21-,22-,23+,26-;/m0./s1. The molecular formula is C27H35Cl2N3O3S. The van der Waals surface area contributed by atoms with Crippen molar-refractivity contribution in [3.63, 3.8) is 0 Å². The van der Waals surface area contributed by atoms with E-state index in [0.717, 1.165) is 17.4 Å². The Bertz CT molecular complexity index is 1220. The Hall–Kier alpha value is -2.11. The Labute approximate surface area is 225 Å². The van der Waals surface area contributed by atoms with Gasteiger partial charge in [-0.05, 0) is 47.2 Å². The van der Waals surface area contributed by atoms with Crippen LogP contribution in [-0.4, -0.2) is 45.0 Å². The zero-order valence-electron chi connectivity index (χ0n) is 20.3. The van der Waals surface area contributed by atoms with Gasteiger partial charge < -0.3 is 10.6 Å². The summed E-state index contributed by atoms with van der Waals surface area (Å²) < 4.78 is 23.2. The second-order valence-electron chi connectivity index (χ2n) is 10.4. The van der Waals surface area contributed by atoms with Gasteiger partial charge in [-0.2, -0.15) is 5.26 Å². The number of hydrogen-bond acceptors (Lipinski definition) is 5. The van der Waals surface area contributed by atoms with Gasteiger partial charge in [-0.15, -0.1) is 0 Å². The van der Waals surface area contributed by atoms with Gasteiger partial charge in [0.15, 0.2) is 0 Å². The van der Waals surface area contributed by atoms with Crippen molar-refractivity contribution in [2.75, 3.05) is 18.6 Å². The number of sulfone groups is 1. The number of nitrogens with zero attached hydrogens (tertiary/aromatic N) is 1. The van der Waals surface area contributed by atoms with Gasteiger partial charge in [-0.25, -0.2) is 8.42 Å². The molecule has 36 heavy (non-hydrogen) atoms. The molecule has 0 saturated carbocycles. The predicted octanol–water partition coefficient (Wildman–Crippen LogP) is 5.11. The van der Waals surface area contributed by atoms with Crippen LogP contribution in [0.5, 0.6) is 0 Å². The average Bonchev–Trinajstić information content (AvgIpc) is 3.06. The van der Waals surface area contributed by atoms with E-state index in [4.69, 9.17) is 23.2 Å². The van der Waals surface area contributed by atoms with Gasteiger partial charge >= 0.3 is 0 Å². The number of nitriles is 1. The zero-order valence-corrected chi connectivity index (χ0v) is 22.6. The van der Waals surface area contributed by atoms with E-state index in [1.807, 2.05) is 18.2 Å². The maximum atomic E-state index is 13.5. The molecule has 9 heteroatoms. The quantitative estimate of drug-likeness (QED) is 0.497. The molecule has 0 aliphatic carbocycles. The minimum atomic E-state index is -3.24. The monoisotopic (exact) mass is 551 g/mol. The molecule has 0 spiro atoms. The average molecular weight is 553 g/mol. The van der Waals surface area contributed by atoms with E-state index in [9.17, 15) is 18.5 Å². The van der Waals surface area contributed by atoms with Crippen LogP contribution < -0.4 is 10.6 Å². The van der Waals surface area contributed by atoms with Crippen molar-refractivity contribution in [1.29, 1.82) is 5.26 Å². The van der Waals surface area contributed by atoms with E-state index >= 15 is 0 Å². The van der Waals surface area contributed by atoms with Gasteiger partial charge in [-0.1, -0.05) is 75.7 Å². The molecule has 0 aromatic heterocycles. The lowest BCUT2D eigenvalue weighted by Gasteiger charge is -2.37. The fourth-order valence-electron chi connectivity index (χ4n) is 4.93. The predicted molar refractivity (Wildman–Crippen MR) is 147 cm³/mol. The molecule has 0 unspecified atom stereocenters. The van der Waals surface area contributed by atoms with Crippen molar-refractivity contribution >= 4 is 38.9 Å². The van der Waals surface area contributed by atoms with E-state index < -0.39 is 27.2 Å². The molecule has 3 rings (SSSR count). The first-order chi connectivity index (χ1) is 16.3. The Kier molecular flexibility index (Phi) is 9.63. The molecule has 1 amide bonds. The Morgan fingerprint density at radius 1 is 1.14 bits per heavy atom. The molecule has 1 heterocycles. The summed E-state index contributed by atoms with van der Waals surface area (Å²) in [4.78, 5) is 13.5. The van der Waals surface area contributed by atoms with Crippen LogP contribution in [0.2, 0.25) is 10.0 Å². The molecule has 6 nitrogen and oxygen atoms in total. The Morgan fingerprint density at radius 2 is 1.78 bits per heavy atom. The van der Waals surface area contributed by atoms with Gasteiger partial charge in [0.25, 0.3) is 0 Å². The van der Waals surface area contributed by atoms with E-state index in [0.29, 0.717) is 16.5 Å². The molecule has 0 bridgehead atoms. The van der Waals surface area contributed by atoms with Crippen molar-refractivity contribution in [2.45, 2.75) is 58.0 Å². The van der Waals surface area contributed by atoms with Gasteiger partial charge in [0, 0.05) is 34.8 Å². The normalized spacial score (nSPS) is 24.0. The molecule has 0 radical (unpaired) electrons. The minimum Gasteiger partial charge on any atom is -0.354 e. The van der Waals surface area contributed by atoms with Crippen LogP contribution in [0.4, 0.5) is 0 Å². The largest absolute Gasteiger partial charge is 0.354 e. The van der Waals surface area contributed by atoms with E-state index in [1.165, 1.54) is 0 Å². The molecule has 1 saturated heterocycles. The lowest BCUT2D eigenvalue weighted by molar-refractivity contribution is -0.123. The summed E-state index contributed by atoms with van der Waals surface area (Å²) in [5, 5.41) is 18.1. The highest BCUT2D eigenvalue weighted by atomic mass is 35.5. The number of hydrogen-bond donors (Lipinski definition) is 2.